The van der Waals surface area contributed by atoms with E-state index in [1.165, 1.54) is 0 Å². The SMILES string of the molecule is Cc1ccnc2nc(C(=O)Nc3ccc(-c4cn5ccccc5n4)cc3)nn12. The first-order chi connectivity index (χ1) is 13.7. The Balaban J connectivity index is 1.38. The number of aryl methyl sites for hydroxylation is 1. The van der Waals surface area contributed by atoms with Crippen LogP contribution >= 0.6 is 0 Å². The zero-order valence-corrected chi connectivity index (χ0v) is 14.9. The van der Waals surface area contributed by atoms with Gasteiger partial charge in [0.1, 0.15) is 5.65 Å². The van der Waals surface area contributed by atoms with Crippen LogP contribution in [0, 0.1) is 6.92 Å². The molecular formula is C20H15N7O. The van der Waals surface area contributed by atoms with E-state index in [0.717, 1.165) is 22.6 Å². The summed E-state index contributed by atoms with van der Waals surface area (Å²) >= 11 is 0. The van der Waals surface area contributed by atoms with Crippen LogP contribution in [0.3, 0.4) is 0 Å². The minimum absolute atomic E-state index is 0.0752. The highest BCUT2D eigenvalue weighted by atomic mass is 16.2. The number of benzene rings is 1. The summed E-state index contributed by atoms with van der Waals surface area (Å²) in [4.78, 5) is 25.4. The number of carbonyl (C=O) groups is 1. The molecule has 0 aliphatic heterocycles. The minimum Gasteiger partial charge on any atom is -0.319 e. The summed E-state index contributed by atoms with van der Waals surface area (Å²) in [7, 11) is 0. The molecule has 28 heavy (non-hydrogen) atoms. The Hall–Kier alpha value is -4.07. The monoisotopic (exact) mass is 369 g/mol. The molecule has 0 aliphatic carbocycles. The number of carbonyl (C=O) groups excluding carboxylic acids is 1. The molecular weight excluding hydrogens is 354 g/mol. The van der Waals surface area contributed by atoms with Crippen molar-refractivity contribution in [3.8, 4) is 11.3 Å². The van der Waals surface area contributed by atoms with E-state index in [1.807, 2.05) is 66.2 Å². The number of hydrogen-bond donors (Lipinski definition) is 1. The van der Waals surface area contributed by atoms with Crippen molar-refractivity contribution in [3.05, 3.63) is 78.6 Å². The molecule has 136 valence electrons. The number of aromatic nitrogens is 6. The fourth-order valence-corrected chi connectivity index (χ4v) is 2.99. The van der Waals surface area contributed by atoms with Crippen molar-refractivity contribution in [2.75, 3.05) is 5.32 Å². The molecule has 0 unspecified atom stereocenters. The molecule has 1 amide bonds. The van der Waals surface area contributed by atoms with E-state index in [1.54, 1.807) is 16.8 Å². The summed E-state index contributed by atoms with van der Waals surface area (Å²) in [6, 6.07) is 15.2. The van der Waals surface area contributed by atoms with Crippen LogP contribution in [0.1, 0.15) is 16.3 Å². The van der Waals surface area contributed by atoms with Gasteiger partial charge in [0.15, 0.2) is 0 Å². The van der Waals surface area contributed by atoms with E-state index < -0.39 is 0 Å². The number of fused-ring (bicyclic) bond motifs is 2. The zero-order valence-electron chi connectivity index (χ0n) is 14.9. The summed E-state index contributed by atoms with van der Waals surface area (Å²) in [5.74, 6) is 0.0870. The maximum absolute atomic E-state index is 12.5. The second-order valence-electron chi connectivity index (χ2n) is 6.36. The third-order valence-electron chi connectivity index (χ3n) is 4.44. The van der Waals surface area contributed by atoms with Crippen molar-refractivity contribution < 1.29 is 4.79 Å². The lowest BCUT2D eigenvalue weighted by atomic mass is 10.1. The van der Waals surface area contributed by atoms with E-state index in [4.69, 9.17) is 0 Å². The minimum atomic E-state index is -0.384. The molecule has 0 spiro atoms. The van der Waals surface area contributed by atoms with Crippen LogP contribution in [-0.4, -0.2) is 34.9 Å². The Morgan fingerprint density at radius 2 is 1.89 bits per heavy atom. The van der Waals surface area contributed by atoms with Crippen LogP contribution in [0.25, 0.3) is 22.7 Å². The lowest BCUT2D eigenvalue weighted by Gasteiger charge is -2.03. The molecule has 1 aromatic carbocycles. The predicted molar refractivity (Wildman–Crippen MR) is 104 cm³/mol. The van der Waals surface area contributed by atoms with Crippen LogP contribution in [0.15, 0.2) is 67.1 Å². The molecule has 0 aliphatic rings. The van der Waals surface area contributed by atoms with Crippen LogP contribution in [-0.2, 0) is 0 Å². The largest absolute Gasteiger partial charge is 0.319 e. The lowest BCUT2D eigenvalue weighted by Crippen LogP contribution is -2.14. The summed E-state index contributed by atoms with van der Waals surface area (Å²) in [6.07, 6.45) is 5.57. The fourth-order valence-electron chi connectivity index (χ4n) is 2.99. The Morgan fingerprint density at radius 3 is 2.68 bits per heavy atom. The van der Waals surface area contributed by atoms with E-state index >= 15 is 0 Å². The first-order valence-corrected chi connectivity index (χ1v) is 8.71. The molecule has 8 heteroatoms. The Kier molecular flexibility index (Phi) is 3.61. The van der Waals surface area contributed by atoms with Gasteiger partial charge in [-0.05, 0) is 37.3 Å². The van der Waals surface area contributed by atoms with Crippen LogP contribution in [0.5, 0.6) is 0 Å². The standard InChI is InChI=1S/C20H15N7O/c1-13-9-10-21-20-24-18(25-27(13)20)19(28)22-15-7-5-14(6-8-15)16-12-26-11-3-2-4-17(26)23-16/h2-12H,1H3,(H,22,28). The first-order valence-electron chi connectivity index (χ1n) is 8.71. The summed E-state index contributed by atoms with van der Waals surface area (Å²) in [5.41, 5.74) is 4.23. The average molecular weight is 369 g/mol. The number of hydrogen-bond acceptors (Lipinski definition) is 5. The maximum atomic E-state index is 12.5. The lowest BCUT2D eigenvalue weighted by molar-refractivity contribution is 0.101. The first kappa shape index (κ1) is 16.1. The Morgan fingerprint density at radius 1 is 1.04 bits per heavy atom. The summed E-state index contributed by atoms with van der Waals surface area (Å²) in [6.45, 7) is 1.88. The van der Waals surface area contributed by atoms with Gasteiger partial charge in [0.2, 0.25) is 5.82 Å². The van der Waals surface area contributed by atoms with E-state index in [0.29, 0.717) is 11.5 Å². The van der Waals surface area contributed by atoms with Gasteiger partial charge in [0.05, 0.1) is 5.69 Å². The van der Waals surface area contributed by atoms with E-state index in [2.05, 4.69) is 25.4 Å². The highest BCUT2D eigenvalue weighted by Gasteiger charge is 2.14. The molecule has 0 saturated carbocycles. The van der Waals surface area contributed by atoms with E-state index in [-0.39, 0.29) is 11.7 Å². The topological polar surface area (TPSA) is 89.5 Å². The number of nitrogens with zero attached hydrogens (tertiary/aromatic N) is 6. The Bertz CT molecular complexity index is 1280. The molecule has 5 aromatic rings. The quantitative estimate of drug-likeness (QED) is 0.528. The highest BCUT2D eigenvalue weighted by Crippen LogP contribution is 2.21. The molecule has 0 bridgehead atoms. The van der Waals surface area contributed by atoms with Gasteiger partial charge in [-0.25, -0.2) is 14.5 Å². The van der Waals surface area contributed by atoms with Crippen molar-refractivity contribution >= 4 is 23.0 Å². The summed E-state index contributed by atoms with van der Waals surface area (Å²) in [5, 5.41) is 7.03. The van der Waals surface area contributed by atoms with Gasteiger partial charge in [-0.3, -0.25) is 4.79 Å². The molecule has 5 rings (SSSR count). The van der Waals surface area contributed by atoms with Crippen LogP contribution < -0.4 is 5.32 Å². The number of pyridine rings is 1. The smallest absolute Gasteiger partial charge is 0.295 e. The molecule has 8 nitrogen and oxygen atoms in total. The molecule has 0 atom stereocenters. The van der Waals surface area contributed by atoms with Crippen molar-refractivity contribution in [2.45, 2.75) is 6.92 Å². The second kappa shape index (κ2) is 6.27. The van der Waals surface area contributed by atoms with Crippen molar-refractivity contribution in [3.63, 3.8) is 0 Å². The predicted octanol–water partition coefficient (Wildman–Crippen LogP) is 3.00. The summed E-state index contributed by atoms with van der Waals surface area (Å²) < 4.78 is 3.51. The van der Waals surface area contributed by atoms with E-state index in [9.17, 15) is 4.79 Å². The zero-order chi connectivity index (χ0) is 19.1. The molecule has 0 radical (unpaired) electrons. The van der Waals surface area contributed by atoms with Crippen LogP contribution in [0.4, 0.5) is 5.69 Å². The number of amides is 1. The molecule has 1 N–H and O–H groups in total. The van der Waals surface area contributed by atoms with Gasteiger partial charge in [-0.15, -0.1) is 5.10 Å². The van der Waals surface area contributed by atoms with Gasteiger partial charge in [-0.2, -0.15) is 4.98 Å². The number of rotatable bonds is 3. The third-order valence-corrected chi connectivity index (χ3v) is 4.44. The molecule has 0 fully saturated rings. The van der Waals surface area contributed by atoms with Crippen molar-refractivity contribution in [1.82, 2.24) is 29.0 Å². The number of imidazole rings is 1. The van der Waals surface area contributed by atoms with Crippen molar-refractivity contribution in [2.24, 2.45) is 0 Å². The van der Waals surface area contributed by atoms with Gasteiger partial charge in [0, 0.05) is 35.5 Å². The molecule has 4 heterocycles. The van der Waals surface area contributed by atoms with Gasteiger partial charge < -0.3 is 9.72 Å². The van der Waals surface area contributed by atoms with Gasteiger partial charge >= 0.3 is 0 Å². The second-order valence-corrected chi connectivity index (χ2v) is 6.36. The average Bonchev–Trinajstić information content (AvgIpc) is 3.33. The van der Waals surface area contributed by atoms with Gasteiger partial charge in [-0.1, -0.05) is 18.2 Å². The fraction of sp³-hybridized carbons (Fsp3) is 0.0500. The highest BCUT2D eigenvalue weighted by molar-refractivity contribution is 6.01. The third kappa shape index (κ3) is 2.77. The normalized spacial score (nSPS) is 11.2. The van der Waals surface area contributed by atoms with Gasteiger partial charge in [0.25, 0.3) is 11.7 Å². The number of nitrogens with one attached hydrogen (secondary N) is 1. The maximum Gasteiger partial charge on any atom is 0.295 e. The molecule has 4 aromatic heterocycles. The van der Waals surface area contributed by atoms with Crippen molar-refractivity contribution in [1.29, 1.82) is 0 Å². The molecule has 0 saturated heterocycles. The van der Waals surface area contributed by atoms with Crippen LogP contribution in [0.2, 0.25) is 0 Å². The number of anilines is 1. The Labute approximate surface area is 159 Å².